The summed E-state index contributed by atoms with van der Waals surface area (Å²) in [6.45, 7) is 1.36. The van der Waals surface area contributed by atoms with Crippen LogP contribution in [0.5, 0.6) is 0 Å². The number of hydrogen-bond acceptors (Lipinski definition) is 3. The number of nitrogens with one attached hydrogen (secondary N) is 1. The lowest BCUT2D eigenvalue weighted by Crippen LogP contribution is -2.43. The van der Waals surface area contributed by atoms with E-state index in [4.69, 9.17) is 9.84 Å². The number of hydrogen-bond donors (Lipinski definition) is 2. The van der Waals surface area contributed by atoms with Gasteiger partial charge < -0.3 is 20.1 Å². The Bertz CT molecular complexity index is 583. The zero-order valence-electron chi connectivity index (χ0n) is 11.3. The van der Waals surface area contributed by atoms with Crippen molar-refractivity contribution in [2.24, 2.45) is 0 Å². The van der Waals surface area contributed by atoms with E-state index in [0.717, 1.165) is 12.1 Å². The zero-order valence-corrected chi connectivity index (χ0v) is 11.3. The van der Waals surface area contributed by atoms with Crippen molar-refractivity contribution in [3.8, 4) is 0 Å². The number of ether oxygens (including phenoxy) is 1. The van der Waals surface area contributed by atoms with Crippen molar-refractivity contribution in [2.75, 3.05) is 31.6 Å². The molecule has 2 rings (SSSR count). The van der Waals surface area contributed by atoms with Gasteiger partial charge >= 0.3 is 18.2 Å². The maximum atomic E-state index is 12.6. The highest BCUT2D eigenvalue weighted by atomic mass is 19.4. The Labute approximate surface area is 123 Å². The molecule has 1 aromatic carbocycles. The Morgan fingerprint density at radius 1 is 1.23 bits per heavy atom. The van der Waals surface area contributed by atoms with Crippen LogP contribution in [0.15, 0.2) is 18.2 Å². The largest absolute Gasteiger partial charge is 0.478 e. The minimum absolute atomic E-state index is 0.183. The number of alkyl halides is 3. The molecule has 22 heavy (non-hydrogen) atoms. The highest BCUT2D eigenvalue weighted by molar-refractivity contribution is 6.00. The first-order valence-corrected chi connectivity index (χ1v) is 6.37. The van der Waals surface area contributed by atoms with Crippen LogP contribution in [0.2, 0.25) is 0 Å². The normalized spacial score (nSPS) is 15.5. The number of nitrogens with zero attached hydrogens (tertiary/aromatic N) is 1. The molecule has 1 aliphatic heterocycles. The van der Waals surface area contributed by atoms with Gasteiger partial charge in [0, 0.05) is 13.1 Å². The van der Waals surface area contributed by atoms with Crippen LogP contribution in [0.1, 0.15) is 15.9 Å². The van der Waals surface area contributed by atoms with Gasteiger partial charge in [-0.15, -0.1) is 0 Å². The third-order valence-electron chi connectivity index (χ3n) is 3.12. The number of carboxylic acids is 1. The van der Waals surface area contributed by atoms with E-state index in [2.05, 4.69) is 5.32 Å². The molecule has 1 aromatic rings. The second-order valence-corrected chi connectivity index (χ2v) is 4.59. The van der Waals surface area contributed by atoms with Crippen molar-refractivity contribution in [2.45, 2.75) is 6.18 Å². The molecule has 0 saturated carbocycles. The summed E-state index contributed by atoms with van der Waals surface area (Å²) in [7, 11) is 0. The minimum atomic E-state index is -4.66. The summed E-state index contributed by atoms with van der Waals surface area (Å²) in [5.41, 5.74) is -1.89. The first kappa shape index (κ1) is 16.1. The Morgan fingerprint density at radius 2 is 1.86 bits per heavy atom. The summed E-state index contributed by atoms with van der Waals surface area (Å²) >= 11 is 0. The molecule has 0 radical (unpaired) electrons. The van der Waals surface area contributed by atoms with Gasteiger partial charge in [-0.2, -0.15) is 13.2 Å². The average Bonchev–Trinajstić information content (AvgIpc) is 2.47. The standard InChI is InChI=1S/C13H13F3N2O4/c14-13(15,16)8-1-2-10(9(7-8)11(19)20)17-12(21)18-3-5-22-6-4-18/h1-2,7H,3-6H2,(H,17,21)(H,19,20). The topological polar surface area (TPSA) is 78.9 Å². The average molecular weight is 318 g/mol. The molecule has 0 spiro atoms. The second kappa shape index (κ2) is 6.22. The van der Waals surface area contributed by atoms with Gasteiger partial charge in [0.1, 0.15) is 0 Å². The molecule has 2 N–H and O–H groups in total. The smallest absolute Gasteiger partial charge is 0.416 e. The Hall–Kier alpha value is -2.29. The second-order valence-electron chi connectivity index (χ2n) is 4.59. The number of halogens is 3. The monoisotopic (exact) mass is 318 g/mol. The van der Waals surface area contributed by atoms with Crippen LogP contribution in [-0.2, 0) is 10.9 Å². The number of aromatic carboxylic acids is 1. The summed E-state index contributed by atoms with van der Waals surface area (Å²) in [5, 5.41) is 11.4. The van der Waals surface area contributed by atoms with Gasteiger partial charge in [-0.1, -0.05) is 0 Å². The van der Waals surface area contributed by atoms with E-state index >= 15 is 0 Å². The maximum Gasteiger partial charge on any atom is 0.416 e. The van der Waals surface area contributed by atoms with Gasteiger partial charge in [0.05, 0.1) is 30.0 Å². The molecule has 0 atom stereocenters. The van der Waals surface area contributed by atoms with Crippen LogP contribution in [0, 0.1) is 0 Å². The van der Waals surface area contributed by atoms with Crippen molar-refractivity contribution in [1.82, 2.24) is 4.90 Å². The number of anilines is 1. The highest BCUT2D eigenvalue weighted by Crippen LogP contribution is 2.32. The first-order valence-electron chi connectivity index (χ1n) is 6.37. The number of urea groups is 1. The molecule has 1 saturated heterocycles. The number of rotatable bonds is 2. The molecule has 0 aromatic heterocycles. The Morgan fingerprint density at radius 3 is 2.41 bits per heavy atom. The van der Waals surface area contributed by atoms with E-state index in [9.17, 15) is 22.8 Å². The lowest BCUT2D eigenvalue weighted by molar-refractivity contribution is -0.137. The fraction of sp³-hybridized carbons (Fsp3) is 0.385. The van der Waals surface area contributed by atoms with Gasteiger partial charge in [0.25, 0.3) is 0 Å². The van der Waals surface area contributed by atoms with Crippen LogP contribution >= 0.6 is 0 Å². The minimum Gasteiger partial charge on any atom is -0.478 e. The predicted octanol–water partition coefficient (Wildman–Crippen LogP) is 2.27. The molecular weight excluding hydrogens is 305 g/mol. The molecule has 1 aliphatic rings. The van der Waals surface area contributed by atoms with E-state index in [1.807, 2.05) is 0 Å². The quantitative estimate of drug-likeness (QED) is 0.877. The molecule has 0 aliphatic carbocycles. The molecule has 1 heterocycles. The number of benzene rings is 1. The summed E-state index contributed by atoms with van der Waals surface area (Å²) in [5.74, 6) is -1.55. The molecular formula is C13H13F3N2O4. The van der Waals surface area contributed by atoms with Crippen LogP contribution in [-0.4, -0.2) is 48.3 Å². The molecule has 1 fully saturated rings. The number of carbonyl (C=O) groups is 2. The van der Waals surface area contributed by atoms with Gasteiger partial charge in [-0.25, -0.2) is 9.59 Å². The molecule has 6 nitrogen and oxygen atoms in total. The van der Waals surface area contributed by atoms with Gasteiger partial charge in [0.15, 0.2) is 0 Å². The molecule has 0 bridgehead atoms. The van der Waals surface area contributed by atoms with Gasteiger partial charge in [-0.3, -0.25) is 0 Å². The Balaban J connectivity index is 2.23. The summed E-state index contributed by atoms with van der Waals surface area (Å²) in [4.78, 5) is 24.5. The lowest BCUT2D eigenvalue weighted by atomic mass is 10.1. The van der Waals surface area contributed by atoms with E-state index < -0.39 is 29.3 Å². The molecule has 120 valence electrons. The van der Waals surface area contributed by atoms with Crippen molar-refractivity contribution in [3.05, 3.63) is 29.3 Å². The van der Waals surface area contributed by atoms with Crippen molar-refractivity contribution in [3.63, 3.8) is 0 Å². The van der Waals surface area contributed by atoms with Crippen LogP contribution in [0.4, 0.5) is 23.7 Å². The maximum absolute atomic E-state index is 12.6. The van der Waals surface area contributed by atoms with Crippen molar-refractivity contribution >= 4 is 17.7 Å². The first-order chi connectivity index (χ1) is 10.3. The van der Waals surface area contributed by atoms with E-state index in [0.29, 0.717) is 32.4 Å². The summed E-state index contributed by atoms with van der Waals surface area (Å²) < 4.78 is 42.9. The predicted molar refractivity (Wildman–Crippen MR) is 69.8 cm³/mol. The number of carbonyl (C=O) groups excluding carboxylic acids is 1. The molecule has 9 heteroatoms. The van der Waals surface area contributed by atoms with Crippen LogP contribution in [0.3, 0.4) is 0 Å². The molecule has 2 amide bonds. The fourth-order valence-electron chi connectivity index (χ4n) is 1.97. The molecule has 0 unspecified atom stereocenters. The third kappa shape index (κ3) is 3.67. The number of morpholine rings is 1. The highest BCUT2D eigenvalue weighted by Gasteiger charge is 2.32. The van der Waals surface area contributed by atoms with Crippen molar-refractivity contribution in [1.29, 1.82) is 0 Å². The van der Waals surface area contributed by atoms with E-state index in [1.54, 1.807) is 0 Å². The fourth-order valence-corrected chi connectivity index (χ4v) is 1.97. The van der Waals surface area contributed by atoms with E-state index in [-0.39, 0.29) is 5.69 Å². The van der Waals surface area contributed by atoms with Crippen molar-refractivity contribution < 1.29 is 32.6 Å². The summed E-state index contributed by atoms with van der Waals surface area (Å²) in [6, 6.07) is 1.58. The van der Waals surface area contributed by atoms with Gasteiger partial charge in [-0.05, 0) is 18.2 Å². The Kier molecular flexibility index (Phi) is 4.55. The van der Waals surface area contributed by atoms with Crippen LogP contribution in [0.25, 0.3) is 0 Å². The van der Waals surface area contributed by atoms with Gasteiger partial charge in [0.2, 0.25) is 0 Å². The third-order valence-corrected chi connectivity index (χ3v) is 3.12. The SMILES string of the molecule is O=C(O)c1cc(C(F)(F)F)ccc1NC(=O)N1CCOCC1. The lowest BCUT2D eigenvalue weighted by Gasteiger charge is -2.27. The zero-order chi connectivity index (χ0) is 16.3. The van der Waals surface area contributed by atoms with Crippen LogP contribution < -0.4 is 5.32 Å². The number of carboxylic acid groups (broad SMARTS) is 1. The van der Waals surface area contributed by atoms with E-state index in [1.165, 1.54) is 4.90 Å². The number of amides is 2. The summed E-state index contributed by atoms with van der Waals surface area (Å²) in [6.07, 6.45) is -4.66.